The van der Waals surface area contributed by atoms with Gasteiger partial charge in [-0.3, -0.25) is 9.36 Å². The predicted octanol–water partition coefficient (Wildman–Crippen LogP) is 2.00. The monoisotopic (exact) mass is 330 g/mol. The van der Waals surface area contributed by atoms with Gasteiger partial charge in [-0.05, 0) is 58.1 Å². The molecule has 6 heteroatoms. The molecule has 1 saturated heterocycles. The number of hydrogen-bond donors (Lipinski definition) is 1. The van der Waals surface area contributed by atoms with Gasteiger partial charge in [0.15, 0.2) is 0 Å². The van der Waals surface area contributed by atoms with Crippen LogP contribution in [0.25, 0.3) is 10.9 Å². The molecule has 2 aromatic rings. The zero-order valence-corrected chi connectivity index (χ0v) is 14.7. The number of anilines is 1. The molecule has 0 amide bonds. The fraction of sp³-hybridized carbons (Fsp3) is 0.556. The first-order valence-corrected chi connectivity index (χ1v) is 8.50. The summed E-state index contributed by atoms with van der Waals surface area (Å²) in [6.07, 6.45) is 2.03. The van der Waals surface area contributed by atoms with Crippen molar-refractivity contribution in [2.75, 3.05) is 39.6 Å². The Labute approximate surface area is 142 Å². The number of ether oxygens (including phenoxy) is 1. The number of nitrogen functional groups attached to an aromatic ring is 1. The molecule has 0 aliphatic carbocycles. The van der Waals surface area contributed by atoms with E-state index in [0.717, 1.165) is 37.3 Å². The maximum absolute atomic E-state index is 13.1. The van der Waals surface area contributed by atoms with Crippen molar-refractivity contribution in [3.8, 4) is 0 Å². The number of hydrogen-bond acceptors (Lipinski definition) is 5. The van der Waals surface area contributed by atoms with E-state index >= 15 is 0 Å². The van der Waals surface area contributed by atoms with Crippen LogP contribution in [0.5, 0.6) is 0 Å². The van der Waals surface area contributed by atoms with Crippen molar-refractivity contribution in [3.05, 3.63) is 34.4 Å². The van der Waals surface area contributed by atoms with Crippen LogP contribution < -0.4 is 11.3 Å². The molecule has 1 fully saturated rings. The van der Waals surface area contributed by atoms with E-state index in [1.807, 2.05) is 17.6 Å². The highest BCUT2D eigenvalue weighted by molar-refractivity contribution is 5.81. The quantitative estimate of drug-likeness (QED) is 0.868. The lowest BCUT2D eigenvalue weighted by molar-refractivity contribution is 0.156. The van der Waals surface area contributed by atoms with Gasteiger partial charge in [-0.1, -0.05) is 0 Å². The molecule has 1 aromatic heterocycles. The van der Waals surface area contributed by atoms with E-state index in [1.165, 1.54) is 0 Å². The van der Waals surface area contributed by atoms with E-state index in [9.17, 15) is 4.79 Å². The molecule has 6 nitrogen and oxygen atoms in total. The van der Waals surface area contributed by atoms with Gasteiger partial charge in [0.1, 0.15) is 5.82 Å². The summed E-state index contributed by atoms with van der Waals surface area (Å²) in [5, 5.41) is 0.578. The van der Waals surface area contributed by atoms with Crippen molar-refractivity contribution in [3.63, 3.8) is 0 Å². The Morgan fingerprint density at radius 3 is 2.75 bits per heavy atom. The molecule has 2 N–H and O–H groups in total. The second-order valence-corrected chi connectivity index (χ2v) is 6.80. The van der Waals surface area contributed by atoms with Crippen molar-refractivity contribution in [1.82, 2.24) is 14.5 Å². The van der Waals surface area contributed by atoms with Crippen LogP contribution in [0.3, 0.4) is 0 Å². The minimum atomic E-state index is -0.0597. The third-order valence-corrected chi connectivity index (χ3v) is 4.88. The van der Waals surface area contributed by atoms with Crippen LogP contribution in [0.4, 0.5) is 5.69 Å². The lowest BCUT2D eigenvalue weighted by Crippen LogP contribution is -2.35. The summed E-state index contributed by atoms with van der Waals surface area (Å²) in [5.41, 5.74) is 7.15. The highest BCUT2D eigenvalue weighted by Crippen LogP contribution is 2.28. The summed E-state index contributed by atoms with van der Waals surface area (Å²) in [7, 11) is 3.79. The van der Waals surface area contributed by atoms with Crippen molar-refractivity contribution in [2.24, 2.45) is 0 Å². The summed E-state index contributed by atoms with van der Waals surface area (Å²) in [5.74, 6) is 1.19. The third-order valence-electron chi connectivity index (χ3n) is 4.88. The van der Waals surface area contributed by atoms with Gasteiger partial charge in [-0.2, -0.15) is 0 Å². The molecule has 1 aromatic carbocycles. The number of piperidine rings is 1. The van der Waals surface area contributed by atoms with Gasteiger partial charge in [0.05, 0.1) is 23.6 Å². The molecule has 2 heterocycles. The average molecular weight is 330 g/mol. The maximum atomic E-state index is 13.1. The Kier molecular flexibility index (Phi) is 4.87. The molecule has 130 valence electrons. The number of aromatic nitrogens is 2. The van der Waals surface area contributed by atoms with Gasteiger partial charge in [-0.15, -0.1) is 0 Å². The van der Waals surface area contributed by atoms with Crippen LogP contribution in [0.2, 0.25) is 0 Å². The number of likely N-dealkylation sites (tertiary alicyclic amines) is 1. The first-order valence-electron chi connectivity index (χ1n) is 8.50. The first kappa shape index (κ1) is 16.9. The maximum Gasteiger partial charge on any atom is 0.261 e. The van der Waals surface area contributed by atoms with E-state index in [-0.39, 0.29) is 11.6 Å². The molecular formula is C18H26N4O2. The topological polar surface area (TPSA) is 73.4 Å². The van der Waals surface area contributed by atoms with Crippen LogP contribution in [-0.4, -0.2) is 48.3 Å². The Morgan fingerprint density at radius 1 is 1.38 bits per heavy atom. The molecule has 3 rings (SSSR count). The molecule has 0 spiro atoms. The molecule has 1 unspecified atom stereocenters. The van der Waals surface area contributed by atoms with Gasteiger partial charge in [0.25, 0.3) is 5.56 Å². The van der Waals surface area contributed by atoms with Gasteiger partial charge >= 0.3 is 0 Å². The fourth-order valence-electron chi connectivity index (χ4n) is 3.53. The van der Waals surface area contributed by atoms with Crippen LogP contribution in [0, 0.1) is 0 Å². The van der Waals surface area contributed by atoms with Crippen LogP contribution in [0.15, 0.2) is 23.0 Å². The summed E-state index contributed by atoms with van der Waals surface area (Å²) in [4.78, 5) is 20.3. The number of benzene rings is 1. The molecule has 0 saturated carbocycles. The number of methoxy groups -OCH3 is 1. The second kappa shape index (κ2) is 6.91. The molecule has 0 bridgehead atoms. The van der Waals surface area contributed by atoms with Crippen LogP contribution in [-0.2, 0) is 4.74 Å². The Hall–Kier alpha value is -1.92. The van der Waals surface area contributed by atoms with Gasteiger partial charge in [0.2, 0.25) is 0 Å². The lowest BCUT2D eigenvalue weighted by atomic mass is 9.95. The Balaban J connectivity index is 2.16. The van der Waals surface area contributed by atoms with Crippen molar-refractivity contribution >= 4 is 16.6 Å². The van der Waals surface area contributed by atoms with E-state index in [4.69, 9.17) is 15.5 Å². The summed E-state index contributed by atoms with van der Waals surface area (Å²) in [6.45, 7) is 4.54. The van der Waals surface area contributed by atoms with Gasteiger partial charge < -0.3 is 15.4 Å². The Morgan fingerprint density at radius 2 is 2.08 bits per heavy atom. The molecule has 0 radical (unpaired) electrons. The second-order valence-electron chi connectivity index (χ2n) is 6.80. The molecule has 1 atom stereocenters. The molecular weight excluding hydrogens is 304 g/mol. The lowest BCUT2D eigenvalue weighted by Gasteiger charge is -2.31. The average Bonchev–Trinajstić information content (AvgIpc) is 2.56. The van der Waals surface area contributed by atoms with Crippen molar-refractivity contribution in [1.29, 1.82) is 0 Å². The largest absolute Gasteiger partial charge is 0.399 e. The van der Waals surface area contributed by atoms with E-state index in [1.54, 1.807) is 19.2 Å². The molecule has 24 heavy (non-hydrogen) atoms. The molecule has 1 aliphatic heterocycles. The Bertz CT molecular complexity index is 778. The van der Waals surface area contributed by atoms with Crippen molar-refractivity contribution < 1.29 is 4.74 Å². The minimum absolute atomic E-state index is 0.0224. The van der Waals surface area contributed by atoms with E-state index < -0.39 is 0 Å². The highest BCUT2D eigenvalue weighted by Gasteiger charge is 2.26. The number of nitrogens with zero attached hydrogens (tertiary/aromatic N) is 3. The minimum Gasteiger partial charge on any atom is -0.399 e. The molecule has 1 aliphatic rings. The van der Waals surface area contributed by atoms with Crippen LogP contribution >= 0.6 is 0 Å². The third kappa shape index (κ3) is 3.16. The van der Waals surface area contributed by atoms with Gasteiger partial charge in [-0.25, -0.2) is 4.98 Å². The first-order chi connectivity index (χ1) is 11.5. The number of fused-ring (bicyclic) bond motifs is 1. The van der Waals surface area contributed by atoms with Crippen molar-refractivity contribution in [2.45, 2.75) is 31.7 Å². The normalized spacial score (nSPS) is 18.1. The van der Waals surface area contributed by atoms with E-state index in [0.29, 0.717) is 23.6 Å². The predicted molar refractivity (Wildman–Crippen MR) is 96.5 cm³/mol. The smallest absolute Gasteiger partial charge is 0.261 e. The SMILES string of the molecule is COCC(C)n1c(C2CCN(C)CC2)nc2ccc(N)cc2c1=O. The summed E-state index contributed by atoms with van der Waals surface area (Å²) in [6, 6.07) is 5.31. The standard InChI is InChI=1S/C18H26N4O2/c1-12(11-24-3)22-17(13-6-8-21(2)9-7-13)20-16-5-4-14(19)10-15(16)18(22)23/h4-5,10,12-13H,6-9,11,19H2,1-3H3. The summed E-state index contributed by atoms with van der Waals surface area (Å²) < 4.78 is 7.11. The zero-order chi connectivity index (χ0) is 17.3. The summed E-state index contributed by atoms with van der Waals surface area (Å²) >= 11 is 0. The number of rotatable bonds is 4. The fourth-order valence-corrected chi connectivity index (χ4v) is 3.53. The van der Waals surface area contributed by atoms with Gasteiger partial charge in [0, 0.05) is 18.7 Å². The zero-order valence-electron chi connectivity index (χ0n) is 14.7. The number of nitrogens with two attached hydrogens (primary N) is 1. The van der Waals surface area contributed by atoms with E-state index in [2.05, 4.69) is 11.9 Å². The van der Waals surface area contributed by atoms with Crippen LogP contribution in [0.1, 0.15) is 37.5 Å². The highest BCUT2D eigenvalue weighted by atomic mass is 16.5.